The lowest BCUT2D eigenvalue weighted by Crippen LogP contribution is -2.20. The number of ketones is 1. The molecule has 0 radical (unpaired) electrons. The summed E-state index contributed by atoms with van der Waals surface area (Å²) in [5, 5.41) is 0. The Labute approximate surface area is 82.9 Å². The summed E-state index contributed by atoms with van der Waals surface area (Å²) < 4.78 is 4.32. The number of rotatable bonds is 4. The molecule has 0 atom stereocenters. The van der Waals surface area contributed by atoms with E-state index >= 15 is 0 Å². The van der Waals surface area contributed by atoms with Crippen molar-refractivity contribution in [2.45, 2.75) is 33.6 Å². The Morgan fingerprint density at radius 2 is 1.71 bits per heavy atom. The first-order chi connectivity index (χ1) is 6.52. The Balaban J connectivity index is 4.27. The zero-order chi connectivity index (χ0) is 11.1. The van der Waals surface area contributed by atoms with Crippen molar-refractivity contribution < 1.29 is 19.1 Å². The van der Waals surface area contributed by atoms with E-state index in [0.717, 1.165) is 0 Å². The maximum Gasteiger partial charge on any atom is 0.382 e. The molecule has 0 unspecified atom stereocenters. The predicted octanol–water partition coefficient (Wildman–Crippen LogP) is 1.39. The van der Waals surface area contributed by atoms with Crippen LogP contribution in [0.4, 0.5) is 0 Å². The van der Waals surface area contributed by atoms with Crippen LogP contribution in [-0.4, -0.2) is 17.7 Å². The Morgan fingerprint density at radius 3 is 2.14 bits per heavy atom. The standard InChI is InChI=1S/C10H14O4/c1-4-6-7(3)9(12)14-10(13)8(11)5-2/h6H,4-5H2,1-3H3. The number of esters is 2. The highest BCUT2D eigenvalue weighted by atomic mass is 16.6. The van der Waals surface area contributed by atoms with Crippen LogP contribution in [0.25, 0.3) is 0 Å². The van der Waals surface area contributed by atoms with Crippen molar-refractivity contribution in [2.75, 3.05) is 0 Å². The minimum atomic E-state index is -1.08. The largest absolute Gasteiger partial charge is 0.384 e. The molecule has 0 N–H and O–H groups in total. The number of carbonyl (C=O) groups excluding carboxylic acids is 3. The smallest absolute Gasteiger partial charge is 0.382 e. The fraction of sp³-hybridized carbons (Fsp3) is 0.500. The van der Waals surface area contributed by atoms with Crippen molar-refractivity contribution in [1.82, 2.24) is 0 Å². The van der Waals surface area contributed by atoms with Gasteiger partial charge in [0.15, 0.2) is 0 Å². The van der Waals surface area contributed by atoms with Crippen LogP contribution in [0.1, 0.15) is 33.6 Å². The minimum absolute atomic E-state index is 0.0443. The second-order valence-corrected chi connectivity index (χ2v) is 2.75. The fourth-order valence-electron chi connectivity index (χ4n) is 0.755. The van der Waals surface area contributed by atoms with E-state index in [1.165, 1.54) is 13.8 Å². The quantitative estimate of drug-likeness (QED) is 0.296. The normalized spacial score (nSPS) is 10.9. The number of carbonyl (C=O) groups is 3. The van der Waals surface area contributed by atoms with Gasteiger partial charge < -0.3 is 4.74 Å². The van der Waals surface area contributed by atoms with Gasteiger partial charge in [0.1, 0.15) is 0 Å². The molecule has 4 heteroatoms. The Kier molecular flexibility index (Phi) is 5.44. The van der Waals surface area contributed by atoms with Crippen molar-refractivity contribution in [3.8, 4) is 0 Å². The SMILES string of the molecule is CCC=C(C)C(=O)OC(=O)C(=O)CC. The third-order valence-electron chi connectivity index (χ3n) is 1.57. The fourth-order valence-corrected chi connectivity index (χ4v) is 0.755. The van der Waals surface area contributed by atoms with Gasteiger partial charge in [-0.05, 0) is 13.3 Å². The van der Waals surface area contributed by atoms with Gasteiger partial charge in [0.2, 0.25) is 5.78 Å². The molecule has 0 aromatic rings. The van der Waals surface area contributed by atoms with E-state index in [1.807, 2.05) is 6.92 Å². The molecule has 0 saturated heterocycles. The van der Waals surface area contributed by atoms with Crippen LogP contribution >= 0.6 is 0 Å². The number of ether oxygens (including phenoxy) is 1. The van der Waals surface area contributed by atoms with Crippen LogP contribution in [0.3, 0.4) is 0 Å². The van der Waals surface area contributed by atoms with E-state index in [9.17, 15) is 14.4 Å². The zero-order valence-corrected chi connectivity index (χ0v) is 8.62. The van der Waals surface area contributed by atoms with E-state index in [1.54, 1.807) is 6.08 Å². The number of Topliss-reactive ketones (excluding diaryl/α,β-unsaturated/α-hetero) is 1. The molecule has 4 nitrogen and oxygen atoms in total. The molecule has 14 heavy (non-hydrogen) atoms. The van der Waals surface area contributed by atoms with Gasteiger partial charge in [0.05, 0.1) is 0 Å². The van der Waals surface area contributed by atoms with Gasteiger partial charge in [0.25, 0.3) is 0 Å². The number of hydrogen-bond donors (Lipinski definition) is 0. The lowest BCUT2D eigenvalue weighted by molar-refractivity contribution is -0.162. The molecule has 0 amide bonds. The first-order valence-electron chi connectivity index (χ1n) is 4.49. The summed E-state index contributed by atoms with van der Waals surface area (Å²) >= 11 is 0. The maximum atomic E-state index is 11.1. The van der Waals surface area contributed by atoms with Crippen molar-refractivity contribution in [3.05, 3.63) is 11.6 Å². The van der Waals surface area contributed by atoms with Gasteiger partial charge in [-0.3, -0.25) is 4.79 Å². The lowest BCUT2D eigenvalue weighted by Gasteiger charge is -2.00. The second-order valence-electron chi connectivity index (χ2n) is 2.75. The van der Waals surface area contributed by atoms with Crippen LogP contribution in [0.5, 0.6) is 0 Å². The van der Waals surface area contributed by atoms with E-state index in [-0.39, 0.29) is 6.42 Å². The molecule has 0 aromatic carbocycles. The highest BCUT2D eigenvalue weighted by molar-refractivity contribution is 6.35. The first kappa shape index (κ1) is 12.6. The molecule has 0 spiro atoms. The first-order valence-corrected chi connectivity index (χ1v) is 4.49. The van der Waals surface area contributed by atoms with Crippen LogP contribution in [0, 0.1) is 0 Å². The van der Waals surface area contributed by atoms with E-state index in [4.69, 9.17) is 0 Å². The molecule has 78 valence electrons. The Bertz CT molecular complexity index is 276. The van der Waals surface area contributed by atoms with Crippen LogP contribution in [0.15, 0.2) is 11.6 Å². The van der Waals surface area contributed by atoms with E-state index in [0.29, 0.717) is 12.0 Å². The Morgan fingerprint density at radius 1 is 1.14 bits per heavy atom. The van der Waals surface area contributed by atoms with Gasteiger partial charge in [-0.2, -0.15) is 0 Å². The highest BCUT2D eigenvalue weighted by Crippen LogP contribution is 1.99. The summed E-state index contributed by atoms with van der Waals surface area (Å²) in [5.41, 5.74) is 0.338. The number of allylic oxidation sites excluding steroid dienone is 1. The molecule has 0 rings (SSSR count). The van der Waals surface area contributed by atoms with E-state index in [2.05, 4.69) is 4.74 Å². The Hall–Kier alpha value is -1.45. The van der Waals surface area contributed by atoms with Crippen molar-refractivity contribution in [3.63, 3.8) is 0 Å². The van der Waals surface area contributed by atoms with Crippen molar-refractivity contribution >= 4 is 17.7 Å². The summed E-state index contributed by atoms with van der Waals surface area (Å²) in [5.74, 6) is -2.53. The predicted molar refractivity (Wildman–Crippen MR) is 50.4 cm³/mol. The second kappa shape index (κ2) is 6.07. The van der Waals surface area contributed by atoms with Crippen LogP contribution in [-0.2, 0) is 19.1 Å². The lowest BCUT2D eigenvalue weighted by atomic mass is 10.2. The third-order valence-corrected chi connectivity index (χ3v) is 1.57. The summed E-state index contributed by atoms with van der Waals surface area (Å²) in [7, 11) is 0. The minimum Gasteiger partial charge on any atom is -0.384 e. The molecule has 0 aliphatic carbocycles. The summed E-state index contributed by atoms with van der Waals surface area (Å²) in [6.45, 7) is 4.92. The monoisotopic (exact) mass is 198 g/mol. The molecular weight excluding hydrogens is 184 g/mol. The molecular formula is C10H14O4. The highest BCUT2D eigenvalue weighted by Gasteiger charge is 2.17. The molecule has 0 fully saturated rings. The molecule has 0 aromatic heterocycles. The topological polar surface area (TPSA) is 60.4 Å². The summed E-state index contributed by atoms with van der Waals surface area (Å²) in [6.07, 6.45) is 2.35. The number of hydrogen-bond acceptors (Lipinski definition) is 4. The molecule has 0 saturated carbocycles. The molecule has 0 bridgehead atoms. The van der Waals surface area contributed by atoms with Gasteiger partial charge in [-0.1, -0.05) is 19.9 Å². The van der Waals surface area contributed by atoms with Gasteiger partial charge in [-0.25, -0.2) is 9.59 Å². The van der Waals surface area contributed by atoms with Gasteiger partial charge >= 0.3 is 11.9 Å². The average Bonchev–Trinajstić information content (AvgIpc) is 2.16. The summed E-state index contributed by atoms with van der Waals surface area (Å²) in [4.78, 5) is 32.8. The van der Waals surface area contributed by atoms with Gasteiger partial charge in [0, 0.05) is 12.0 Å². The average molecular weight is 198 g/mol. The van der Waals surface area contributed by atoms with Crippen molar-refractivity contribution in [2.24, 2.45) is 0 Å². The zero-order valence-electron chi connectivity index (χ0n) is 8.62. The van der Waals surface area contributed by atoms with Crippen LogP contribution in [0.2, 0.25) is 0 Å². The maximum absolute atomic E-state index is 11.1. The van der Waals surface area contributed by atoms with Crippen LogP contribution < -0.4 is 0 Å². The molecule has 0 heterocycles. The third kappa shape index (κ3) is 3.98. The summed E-state index contributed by atoms with van der Waals surface area (Å²) in [6, 6.07) is 0. The van der Waals surface area contributed by atoms with E-state index < -0.39 is 17.7 Å². The molecule has 0 aliphatic heterocycles. The van der Waals surface area contributed by atoms with Gasteiger partial charge in [-0.15, -0.1) is 0 Å². The van der Waals surface area contributed by atoms with Crippen molar-refractivity contribution in [1.29, 1.82) is 0 Å². The molecule has 0 aliphatic rings.